The number of rotatable bonds is 1. The molecule has 1 atom stereocenters. The molecule has 1 aliphatic carbocycles. The van der Waals surface area contributed by atoms with Crippen molar-refractivity contribution in [1.82, 2.24) is 5.06 Å². The molecule has 2 aliphatic rings. The number of aliphatic imine (C=N–C) groups is 1. The lowest BCUT2D eigenvalue weighted by Crippen LogP contribution is -2.32. The molecule has 5 heteroatoms. The molecule has 5 rings (SSSR count). The van der Waals surface area contributed by atoms with Gasteiger partial charge in [0.15, 0.2) is 0 Å². The first-order chi connectivity index (χ1) is 15.6. The molecule has 0 saturated heterocycles. The Morgan fingerprint density at radius 1 is 0.938 bits per heavy atom. The van der Waals surface area contributed by atoms with Crippen LogP contribution in [-0.4, -0.2) is 18.1 Å². The molecule has 5 nitrogen and oxygen atoms in total. The minimum absolute atomic E-state index is 0.394. The van der Waals surface area contributed by atoms with Crippen LogP contribution in [0.4, 0.5) is 0 Å². The van der Waals surface area contributed by atoms with Gasteiger partial charge >= 0.3 is 0 Å². The summed E-state index contributed by atoms with van der Waals surface area (Å²) in [5, 5.41) is 10.9. The van der Waals surface area contributed by atoms with E-state index in [0.29, 0.717) is 11.5 Å². The third-order valence-electron chi connectivity index (χ3n) is 6.51. The van der Waals surface area contributed by atoms with E-state index in [-0.39, 0.29) is 0 Å². The number of hydrogen-bond donors (Lipinski definition) is 1. The topological polar surface area (TPSA) is 74.6 Å². The number of nitriles is 1. The summed E-state index contributed by atoms with van der Waals surface area (Å²) in [6.07, 6.45) is 4.53. The molecule has 2 N–H and O–H groups in total. The normalized spacial score (nSPS) is 20.2. The Hall–Kier alpha value is -3.62. The number of hydroxylamine groups is 2. The summed E-state index contributed by atoms with van der Waals surface area (Å²) in [5.41, 5.74) is 13.1. The second kappa shape index (κ2) is 8.14. The van der Waals surface area contributed by atoms with Gasteiger partial charge in [0.05, 0.1) is 11.6 Å². The van der Waals surface area contributed by atoms with Gasteiger partial charge in [-0.3, -0.25) is 0 Å². The Morgan fingerprint density at radius 2 is 1.69 bits per heavy atom. The molecule has 0 saturated carbocycles. The van der Waals surface area contributed by atoms with Crippen LogP contribution in [-0.2, 0) is 29.8 Å². The summed E-state index contributed by atoms with van der Waals surface area (Å²) in [4.78, 5) is 11.2. The second-order valence-corrected chi connectivity index (χ2v) is 8.53. The lowest BCUT2D eigenvalue weighted by Gasteiger charge is -2.30. The molecule has 1 heterocycles. The monoisotopic (exact) mass is 422 g/mol. The van der Waals surface area contributed by atoms with Gasteiger partial charge in [0.1, 0.15) is 0 Å². The quantitative estimate of drug-likeness (QED) is 0.617. The number of fused-ring (bicyclic) bond motifs is 3. The molecule has 160 valence electrons. The highest BCUT2D eigenvalue weighted by Crippen LogP contribution is 2.42. The van der Waals surface area contributed by atoms with Gasteiger partial charge in [0, 0.05) is 19.0 Å². The second-order valence-electron chi connectivity index (χ2n) is 8.53. The summed E-state index contributed by atoms with van der Waals surface area (Å²) >= 11 is 0. The van der Waals surface area contributed by atoms with Crippen LogP contribution in [0.15, 0.2) is 71.7 Å². The lowest BCUT2D eigenvalue weighted by atomic mass is 9.85. The molecular formula is C27H26N4O. The van der Waals surface area contributed by atoms with Crippen LogP contribution >= 0.6 is 0 Å². The Labute approximate surface area is 188 Å². The largest absolute Gasteiger partial charge is 0.368 e. The summed E-state index contributed by atoms with van der Waals surface area (Å²) in [6, 6.07) is 25.1. The summed E-state index contributed by atoms with van der Waals surface area (Å²) in [6.45, 7) is 0. The standard InChI is InChI=1S/C27H26N4O/c1-31-26(29)30-27(32-31)15-5-10-20-7-2-3-8-21(20)11-12-22-13-14-24(17-25(22)27)23-9-4-6-19(16-23)18-28/h2-4,6-9,13-14,16-17H,5,10-12,15H2,1H3,(H2,29,30). The van der Waals surface area contributed by atoms with Gasteiger partial charge in [-0.1, -0.05) is 48.5 Å². The minimum Gasteiger partial charge on any atom is -0.368 e. The summed E-state index contributed by atoms with van der Waals surface area (Å²) in [5.74, 6) is 0.394. The van der Waals surface area contributed by atoms with Crippen LogP contribution in [0, 0.1) is 11.3 Å². The molecule has 0 fully saturated rings. The van der Waals surface area contributed by atoms with E-state index >= 15 is 0 Å². The molecule has 0 radical (unpaired) electrons. The van der Waals surface area contributed by atoms with Crippen molar-refractivity contribution in [3.8, 4) is 17.2 Å². The first kappa shape index (κ1) is 20.3. The highest BCUT2D eigenvalue weighted by atomic mass is 16.7. The first-order valence-corrected chi connectivity index (χ1v) is 11.1. The van der Waals surface area contributed by atoms with Crippen LogP contribution < -0.4 is 5.73 Å². The number of nitrogens with two attached hydrogens (primary N) is 1. The van der Waals surface area contributed by atoms with E-state index in [1.807, 2.05) is 31.3 Å². The first-order valence-electron chi connectivity index (χ1n) is 11.1. The van der Waals surface area contributed by atoms with Gasteiger partial charge in [-0.25, -0.2) is 14.9 Å². The fraction of sp³-hybridized carbons (Fsp3) is 0.259. The predicted octanol–water partition coefficient (Wildman–Crippen LogP) is 4.69. The number of aryl methyl sites for hydroxylation is 3. The maximum absolute atomic E-state index is 9.33. The van der Waals surface area contributed by atoms with Crippen LogP contribution in [0.2, 0.25) is 0 Å². The smallest absolute Gasteiger partial charge is 0.218 e. The molecule has 1 spiro atoms. The van der Waals surface area contributed by atoms with Gasteiger partial charge < -0.3 is 5.73 Å². The van der Waals surface area contributed by atoms with E-state index in [1.54, 1.807) is 5.06 Å². The Balaban J connectivity index is 1.64. The van der Waals surface area contributed by atoms with Crippen molar-refractivity contribution in [2.24, 2.45) is 10.7 Å². The van der Waals surface area contributed by atoms with Gasteiger partial charge in [0.2, 0.25) is 11.7 Å². The highest BCUT2D eigenvalue weighted by Gasteiger charge is 2.42. The van der Waals surface area contributed by atoms with Crippen LogP contribution in [0.3, 0.4) is 0 Å². The van der Waals surface area contributed by atoms with Crippen molar-refractivity contribution in [2.45, 2.75) is 37.8 Å². The van der Waals surface area contributed by atoms with E-state index in [1.165, 1.54) is 16.7 Å². The van der Waals surface area contributed by atoms with Crippen molar-refractivity contribution >= 4 is 5.96 Å². The number of hydrogen-bond acceptors (Lipinski definition) is 5. The molecule has 3 aromatic carbocycles. The van der Waals surface area contributed by atoms with Gasteiger partial charge in [-0.2, -0.15) is 5.26 Å². The molecule has 3 aromatic rings. The predicted molar refractivity (Wildman–Crippen MR) is 126 cm³/mol. The number of guanidine groups is 1. The third-order valence-corrected chi connectivity index (χ3v) is 6.51. The molecule has 1 unspecified atom stereocenters. The fourth-order valence-electron chi connectivity index (χ4n) is 4.83. The third kappa shape index (κ3) is 3.63. The van der Waals surface area contributed by atoms with Crippen molar-refractivity contribution in [3.63, 3.8) is 0 Å². The molecule has 0 amide bonds. The van der Waals surface area contributed by atoms with Gasteiger partial charge in [-0.05, 0) is 71.7 Å². The van der Waals surface area contributed by atoms with Crippen molar-refractivity contribution in [2.75, 3.05) is 7.05 Å². The molecule has 0 aromatic heterocycles. The molecule has 1 aliphatic heterocycles. The Kier molecular flexibility index (Phi) is 5.16. The number of benzene rings is 3. The van der Waals surface area contributed by atoms with E-state index in [0.717, 1.165) is 48.8 Å². The fourth-order valence-corrected chi connectivity index (χ4v) is 4.83. The SMILES string of the molecule is CN1OC2(CCCc3ccccc3CCc3ccc(-c4cccc(C#N)c4)cc32)N=C1N. The van der Waals surface area contributed by atoms with E-state index in [9.17, 15) is 5.26 Å². The van der Waals surface area contributed by atoms with Crippen molar-refractivity contribution in [1.29, 1.82) is 5.26 Å². The Morgan fingerprint density at radius 3 is 2.44 bits per heavy atom. The Bertz CT molecular complexity index is 1240. The van der Waals surface area contributed by atoms with Gasteiger partial charge in [0.25, 0.3) is 0 Å². The average molecular weight is 423 g/mol. The molecule has 32 heavy (non-hydrogen) atoms. The zero-order valence-electron chi connectivity index (χ0n) is 18.2. The van der Waals surface area contributed by atoms with Crippen LogP contribution in [0.25, 0.3) is 11.1 Å². The van der Waals surface area contributed by atoms with Crippen LogP contribution in [0.5, 0.6) is 0 Å². The number of nitrogens with zero attached hydrogens (tertiary/aromatic N) is 3. The average Bonchev–Trinajstić information content (AvgIpc) is 3.12. The van der Waals surface area contributed by atoms with Crippen molar-refractivity contribution in [3.05, 3.63) is 94.5 Å². The highest BCUT2D eigenvalue weighted by molar-refractivity contribution is 5.79. The van der Waals surface area contributed by atoms with Crippen molar-refractivity contribution < 1.29 is 4.84 Å². The lowest BCUT2D eigenvalue weighted by molar-refractivity contribution is -0.176. The van der Waals surface area contributed by atoms with Crippen LogP contribution in [0.1, 0.15) is 40.7 Å². The minimum atomic E-state index is -0.830. The van der Waals surface area contributed by atoms with E-state index in [2.05, 4.69) is 48.5 Å². The zero-order valence-corrected chi connectivity index (χ0v) is 18.2. The molecule has 0 bridgehead atoms. The van der Waals surface area contributed by atoms with E-state index < -0.39 is 5.72 Å². The summed E-state index contributed by atoms with van der Waals surface area (Å²) in [7, 11) is 1.81. The van der Waals surface area contributed by atoms with Gasteiger partial charge in [-0.15, -0.1) is 0 Å². The maximum atomic E-state index is 9.33. The maximum Gasteiger partial charge on any atom is 0.218 e. The molecular weight excluding hydrogens is 396 g/mol. The zero-order chi connectivity index (χ0) is 22.1. The van der Waals surface area contributed by atoms with E-state index in [4.69, 9.17) is 15.6 Å². The summed E-state index contributed by atoms with van der Waals surface area (Å²) < 4.78 is 0.